The Hall–Kier alpha value is -1.44. The van der Waals surface area contributed by atoms with Crippen molar-refractivity contribution in [3.63, 3.8) is 0 Å². The maximum atomic E-state index is 12.7. The summed E-state index contributed by atoms with van der Waals surface area (Å²) in [5.41, 5.74) is 1.21. The molecule has 1 aliphatic heterocycles. The van der Waals surface area contributed by atoms with Gasteiger partial charge in [-0.1, -0.05) is 26.3 Å². The molecule has 0 unspecified atom stereocenters. The van der Waals surface area contributed by atoms with Gasteiger partial charge in [0.15, 0.2) is 0 Å². The number of carbonyl (C=O) groups excluding carboxylic acids is 1. The molecular formula is C20H33N3O3S. The molecule has 1 saturated heterocycles. The Labute approximate surface area is 164 Å². The maximum absolute atomic E-state index is 12.7. The number of sulfonamides is 1. The molecule has 0 atom stereocenters. The van der Waals surface area contributed by atoms with Crippen LogP contribution in [0.5, 0.6) is 0 Å². The highest BCUT2D eigenvalue weighted by molar-refractivity contribution is 7.89. The largest absolute Gasteiger partial charge is 0.352 e. The molecule has 2 rings (SSSR count). The molecule has 1 aromatic rings. The average Bonchev–Trinajstić information content (AvgIpc) is 2.67. The molecule has 1 N–H and O–H groups in total. The molecule has 0 saturated carbocycles. The van der Waals surface area contributed by atoms with Crippen LogP contribution >= 0.6 is 0 Å². The van der Waals surface area contributed by atoms with Gasteiger partial charge in [0.1, 0.15) is 0 Å². The average molecular weight is 396 g/mol. The van der Waals surface area contributed by atoms with Crippen LogP contribution in [0.1, 0.15) is 55.5 Å². The molecule has 0 aromatic heterocycles. The van der Waals surface area contributed by atoms with Crippen LogP contribution in [-0.2, 0) is 10.0 Å². The Morgan fingerprint density at radius 3 is 2.44 bits per heavy atom. The standard InChI is InChI=1S/C20H33N3O3S/c1-4-23(5-2)27(25,26)18-11-10-17(3)19(16-18)20(24)21-12-9-15-22-13-7-6-8-14-22/h10-11,16H,4-9,12-15H2,1-3H3,(H,21,24). The molecule has 1 aromatic carbocycles. The quantitative estimate of drug-likeness (QED) is 0.653. The van der Waals surface area contributed by atoms with Crippen molar-refractivity contribution in [2.75, 3.05) is 39.3 Å². The van der Waals surface area contributed by atoms with Crippen molar-refractivity contribution in [1.29, 1.82) is 0 Å². The van der Waals surface area contributed by atoms with Gasteiger partial charge in [0, 0.05) is 25.2 Å². The second-order valence-electron chi connectivity index (χ2n) is 7.08. The van der Waals surface area contributed by atoms with Crippen LogP contribution in [0.2, 0.25) is 0 Å². The van der Waals surface area contributed by atoms with E-state index in [2.05, 4.69) is 10.2 Å². The normalized spacial score (nSPS) is 15.9. The summed E-state index contributed by atoms with van der Waals surface area (Å²) < 4.78 is 26.8. The summed E-state index contributed by atoms with van der Waals surface area (Å²) >= 11 is 0. The SMILES string of the molecule is CCN(CC)S(=O)(=O)c1ccc(C)c(C(=O)NCCCN2CCCCC2)c1. The van der Waals surface area contributed by atoms with E-state index in [0.717, 1.165) is 31.6 Å². The number of benzene rings is 1. The van der Waals surface area contributed by atoms with E-state index < -0.39 is 10.0 Å². The smallest absolute Gasteiger partial charge is 0.251 e. The number of hydrogen-bond acceptors (Lipinski definition) is 4. The lowest BCUT2D eigenvalue weighted by Crippen LogP contribution is -2.33. The fourth-order valence-corrected chi connectivity index (χ4v) is 4.99. The minimum atomic E-state index is -3.57. The lowest BCUT2D eigenvalue weighted by molar-refractivity contribution is 0.0950. The number of aryl methyl sites for hydroxylation is 1. The third-order valence-corrected chi connectivity index (χ3v) is 7.23. The fraction of sp³-hybridized carbons (Fsp3) is 0.650. The molecule has 0 bridgehead atoms. The van der Waals surface area contributed by atoms with Crippen LogP contribution in [0, 0.1) is 6.92 Å². The summed E-state index contributed by atoms with van der Waals surface area (Å²) in [6.07, 6.45) is 4.75. The van der Waals surface area contributed by atoms with Gasteiger partial charge >= 0.3 is 0 Å². The van der Waals surface area contributed by atoms with Crippen molar-refractivity contribution in [3.8, 4) is 0 Å². The first-order valence-electron chi connectivity index (χ1n) is 10.0. The van der Waals surface area contributed by atoms with E-state index in [1.54, 1.807) is 12.1 Å². The molecule has 6 nitrogen and oxygen atoms in total. The van der Waals surface area contributed by atoms with Crippen LogP contribution in [-0.4, -0.2) is 62.8 Å². The highest BCUT2D eigenvalue weighted by Gasteiger charge is 2.23. The van der Waals surface area contributed by atoms with Crippen LogP contribution in [0.25, 0.3) is 0 Å². The summed E-state index contributed by atoms with van der Waals surface area (Å²) in [7, 11) is -3.57. The van der Waals surface area contributed by atoms with Crippen LogP contribution in [0.4, 0.5) is 0 Å². The summed E-state index contributed by atoms with van der Waals surface area (Å²) in [5, 5.41) is 2.94. The van der Waals surface area contributed by atoms with Gasteiger partial charge in [0.25, 0.3) is 5.91 Å². The number of nitrogens with zero attached hydrogens (tertiary/aromatic N) is 2. The topological polar surface area (TPSA) is 69.7 Å². The first-order chi connectivity index (χ1) is 12.9. The Balaban J connectivity index is 1.99. The van der Waals surface area contributed by atoms with E-state index in [-0.39, 0.29) is 10.8 Å². The van der Waals surface area contributed by atoms with Gasteiger partial charge in [-0.25, -0.2) is 8.42 Å². The summed E-state index contributed by atoms with van der Waals surface area (Å²) in [6, 6.07) is 4.79. The molecule has 7 heteroatoms. The summed E-state index contributed by atoms with van der Waals surface area (Å²) in [6.45, 7) is 10.2. The monoisotopic (exact) mass is 395 g/mol. The van der Waals surface area contributed by atoms with Gasteiger partial charge in [-0.05, 0) is 63.5 Å². The molecule has 1 aliphatic rings. The number of nitrogens with one attached hydrogen (secondary N) is 1. The zero-order valence-corrected chi connectivity index (χ0v) is 17.6. The van der Waals surface area contributed by atoms with Gasteiger partial charge in [-0.15, -0.1) is 0 Å². The predicted octanol–water partition coefficient (Wildman–Crippen LogP) is 2.63. The molecule has 0 spiro atoms. The minimum absolute atomic E-state index is 0.176. The number of likely N-dealkylation sites (tertiary alicyclic amines) is 1. The summed E-state index contributed by atoms with van der Waals surface area (Å²) in [4.78, 5) is 15.2. The zero-order valence-electron chi connectivity index (χ0n) is 16.8. The zero-order chi connectivity index (χ0) is 19.9. The van der Waals surface area contributed by atoms with Crippen molar-refractivity contribution in [2.24, 2.45) is 0 Å². The Morgan fingerprint density at radius 1 is 1.15 bits per heavy atom. The van der Waals surface area contributed by atoms with Gasteiger partial charge < -0.3 is 10.2 Å². The van der Waals surface area contributed by atoms with Crippen molar-refractivity contribution < 1.29 is 13.2 Å². The predicted molar refractivity (Wildman–Crippen MR) is 109 cm³/mol. The van der Waals surface area contributed by atoms with Crippen molar-refractivity contribution >= 4 is 15.9 Å². The van der Waals surface area contributed by atoms with E-state index in [1.807, 2.05) is 20.8 Å². The number of piperidine rings is 1. The number of carbonyl (C=O) groups is 1. The number of rotatable bonds is 9. The first-order valence-corrected chi connectivity index (χ1v) is 11.5. The van der Waals surface area contributed by atoms with Gasteiger partial charge in [0.2, 0.25) is 10.0 Å². The molecule has 152 valence electrons. The molecule has 0 radical (unpaired) electrons. The van der Waals surface area contributed by atoms with Gasteiger partial charge in [-0.2, -0.15) is 4.31 Å². The van der Waals surface area contributed by atoms with E-state index in [1.165, 1.54) is 29.6 Å². The van der Waals surface area contributed by atoms with Crippen LogP contribution < -0.4 is 5.32 Å². The molecule has 1 fully saturated rings. The summed E-state index contributed by atoms with van der Waals surface area (Å²) in [5.74, 6) is -0.206. The molecule has 27 heavy (non-hydrogen) atoms. The highest BCUT2D eigenvalue weighted by atomic mass is 32.2. The fourth-order valence-electron chi connectivity index (χ4n) is 3.50. The second kappa shape index (κ2) is 10.2. The maximum Gasteiger partial charge on any atom is 0.251 e. The van der Waals surface area contributed by atoms with E-state index in [0.29, 0.717) is 25.2 Å². The van der Waals surface area contributed by atoms with Gasteiger partial charge in [-0.3, -0.25) is 4.79 Å². The molecule has 0 aliphatic carbocycles. The molecule has 1 amide bonds. The minimum Gasteiger partial charge on any atom is -0.352 e. The Morgan fingerprint density at radius 2 is 1.81 bits per heavy atom. The third-order valence-electron chi connectivity index (χ3n) is 5.18. The molecule has 1 heterocycles. The van der Waals surface area contributed by atoms with Gasteiger partial charge in [0.05, 0.1) is 4.90 Å². The van der Waals surface area contributed by atoms with Crippen LogP contribution in [0.15, 0.2) is 23.1 Å². The van der Waals surface area contributed by atoms with E-state index >= 15 is 0 Å². The Kier molecular flexibility index (Phi) is 8.26. The number of hydrogen-bond donors (Lipinski definition) is 1. The molecular weight excluding hydrogens is 362 g/mol. The van der Waals surface area contributed by atoms with E-state index in [4.69, 9.17) is 0 Å². The third kappa shape index (κ3) is 5.77. The van der Waals surface area contributed by atoms with Crippen molar-refractivity contribution in [2.45, 2.75) is 51.3 Å². The first kappa shape index (κ1) is 21.9. The lowest BCUT2D eigenvalue weighted by Gasteiger charge is -2.26. The van der Waals surface area contributed by atoms with E-state index in [9.17, 15) is 13.2 Å². The number of amides is 1. The van der Waals surface area contributed by atoms with Crippen molar-refractivity contribution in [3.05, 3.63) is 29.3 Å². The van der Waals surface area contributed by atoms with Crippen LogP contribution in [0.3, 0.4) is 0 Å². The Bertz CT molecular complexity index is 724. The highest BCUT2D eigenvalue weighted by Crippen LogP contribution is 2.19. The second-order valence-corrected chi connectivity index (χ2v) is 9.02. The van der Waals surface area contributed by atoms with Crippen molar-refractivity contribution in [1.82, 2.24) is 14.5 Å². The lowest BCUT2D eigenvalue weighted by atomic mass is 10.1.